The number of nitrogens with one attached hydrogen (secondary N) is 2. The highest BCUT2D eigenvalue weighted by molar-refractivity contribution is 6.30. The van der Waals surface area contributed by atoms with Gasteiger partial charge < -0.3 is 20.5 Å². The summed E-state index contributed by atoms with van der Waals surface area (Å²) in [7, 11) is 1.56. The highest BCUT2D eigenvalue weighted by Gasteiger charge is 2.39. The Morgan fingerprint density at radius 1 is 1.43 bits per heavy atom. The number of rotatable bonds is 5. The van der Waals surface area contributed by atoms with Gasteiger partial charge in [-0.2, -0.15) is 0 Å². The first-order valence-corrected chi connectivity index (χ1v) is 7.43. The van der Waals surface area contributed by atoms with Crippen molar-refractivity contribution >= 4 is 17.5 Å². The number of aliphatic hydroxyl groups is 1. The van der Waals surface area contributed by atoms with E-state index in [1.54, 1.807) is 31.4 Å². The third kappa shape index (κ3) is 3.95. The summed E-state index contributed by atoms with van der Waals surface area (Å²) < 4.78 is 5.44. The predicted octanol–water partition coefficient (Wildman–Crippen LogP) is 1.26. The van der Waals surface area contributed by atoms with Crippen LogP contribution >= 0.6 is 11.6 Å². The van der Waals surface area contributed by atoms with Crippen LogP contribution in [-0.2, 0) is 9.53 Å². The Morgan fingerprint density at radius 3 is 2.62 bits per heavy atom. The summed E-state index contributed by atoms with van der Waals surface area (Å²) in [4.78, 5) is 12.3. The highest BCUT2D eigenvalue weighted by Crippen LogP contribution is 2.23. The molecule has 1 amide bonds. The lowest BCUT2D eigenvalue weighted by molar-refractivity contribution is -0.147. The van der Waals surface area contributed by atoms with E-state index in [1.807, 2.05) is 0 Å². The molecule has 0 spiro atoms. The van der Waals surface area contributed by atoms with Gasteiger partial charge in [0.25, 0.3) is 5.91 Å². The summed E-state index contributed by atoms with van der Waals surface area (Å²) in [5, 5.41) is 16.7. The standard InChI is InChI=1S/C15H21ClN2O3/c1-21-15(6-8-17-9-7-15)14(20)18-10-13(19)11-2-4-12(16)5-3-11/h2-5,13,17,19H,6-10H2,1H3,(H,18,20). The maximum Gasteiger partial charge on any atom is 0.252 e. The minimum absolute atomic E-state index is 0.152. The van der Waals surface area contributed by atoms with Gasteiger partial charge in [-0.1, -0.05) is 23.7 Å². The van der Waals surface area contributed by atoms with Crippen molar-refractivity contribution in [3.63, 3.8) is 0 Å². The largest absolute Gasteiger partial charge is 0.387 e. The number of methoxy groups -OCH3 is 1. The average Bonchev–Trinajstić information content (AvgIpc) is 2.53. The summed E-state index contributed by atoms with van der Waals surface area (Å²) in [5.41, 5.74) is -0.0678. The molecule has 116 valence electrons. The number of hydrogen-bond acceptors (Lipinski definition) is 4. The maximum absolute atomic E-state index is 12.3. The number of carbonyl (C=O) groups is 1. The summed E-state index contributed by atoms with van der Waals surface area (Å²) in [6.07, 6.45) is 0.500. The summed E-state index contributed by atoms with van der Waals surface area (Å²) in [5.74, 6) is -0.167. The minimum atomic E-state index is -0.787. The molecule has 1 unspecified atom stereocenters. The molecule has 3 N–H and O–H groups in total. The molecule has 5 nitrogen and oxygen atoms in total. The lowest BCUT2D eigenvalue weighted by Gasteiger charge is -2.35. The van der Waals surface area contributed by atoms with E-state index in [9.17, 15) is 9.90 Å². The second kappa shape index (κ2) is 7.22. The third-order valence-electron chi connectivity index (χ3n) is 3.93. The number of halogens is 1. The second-order valence-electron chi connectivity index (χ2n) is 5.23. The van der Waals surface area contributed by atoms with Crippen LogP contribution in [0.25, 0.3) is 0 Å². The first-order chi connectivity index (χ1) is 10.1. The Kier molecular flexibility index (Phi) is 5.58. The molecule has 0 radical (unpaired) electrons. The monoisotopic (exact) mass is 312 g/mol. The van der Waals surface area contributed by atoms with Crippen LogP contribution in [0.2, 0.25) is 5.02 Å². The molecule has 1 heterocycles. The van der Waals surface area contributed by atoms with E-state index >= 15 is 0 Å². The first-order valence-electron chi connectivity index (χ1n) is 7.05. The predicted molar refractivity (Wildman–Crippen MR) is 81.3 cm³/mol. The first kappa shape index (κ1) is 16.2. The molecule has 0 bridgehead atoms. The van der Waals surface area contributed by atoms with Crippen molar-refractivity contribution in [2.45, 2.75) is 24.5 Å². The minimum Gasteiger partial charge on any atom is -0.387 e. The normalized spacial score (nSPS) is 19.0. The number of benzene rings is 1. The fraction of sp³-hybridized carbons (Fsp3) is 0.533. The van der Waals surface area contributed by atoms with Crippen molar-refractivity contribution < 1.29 is 14.6 Å². The third-order valence-corrected chi connectivity index (χ3v) is 4.18. The van der Waals surface area contributed by atoms with Crippen molar-refractivity contribution in [3.8, 4) is 0 Å². The van der Waals surface area contributed by atoms with Gasteiger partial charge >= 0.3 is 0 Å². The summed E-state index contributed by atoms with van der Waals surface area (Å²) in [6, 6.07) is 6.92. The lowest BCUT2D eigenvalue weighted by atomic mass is 9.91. The Hall–Kier alpha value is -1.14. The van der Waals surface area contributed by atoms with Crippen LogP contribution in [0, 0.1) is 0 Å². The van der Waals surface area contributed by atoms with Gasteiger partial charge in [-0.3, -0.25) is 4.79 Å². The Balaban J connectivity index is 1.92. The van der Waals surface area contributed by atoms with E-state index in [0.29, 0.717) is 17.9 Å². The molecule has 1 aliphatic heterocycles. The van der Waals surface area contributed by atoms with Crippen LogP contribution < -0.4 is 10.6 Å². The zero-order chi connectivity index (χ0) is 15.3. The van der Waals surface area contributed by atoms with E-state index in [4.69, 9.17) is 16.3 Å². The van der Waals surface area contributed by atoms with Gasteiger partial charge in [0, 0.05) is 18.7 Å². The topological polar surface area (TPSA) is 70.6 Å². The molecule has 0 aromatic heterocycles. The summed E-state index contributed by atoms with van der Waals surface area (Å²) >= 11 is 5.81. The quantitative estimate of drug-likeness (QED) is 0.765. The Bertz CT molecular complexity index is 472. The second-order valence-corrected chi connectivity index (χ2v) is 5.66. The summed E-state index contributed by atoms with van der Waals surface area (Å²) in [6.45, 7) is 1.65. The average molecular weight is 313 g/mol. The molecule has 2 rings (SSSR count). The number of ether oxygens (including phenoxy) is 1. The van der Waals surface area contributed by atoms with Gasteiger partial charge in [0.2, 0.25) is 0 Å². The van der Waals surface area contributed by atoms with Gasteiger partial charge in [0.1, 0.15) is 5.60 Å². The molecular weight excluding hydrogens is 292 g/mol. The van der Waals surface area contributed by atoms with E-state index in [-0.39, 0.29) is 12.5 Å². The van der Waals surface area contributed by atoms with E-state index in [1.165, 1.54) is 0 Å². The number of carbonyl (C=O) groups excluding carboxylic acids is 1. The van der Waals surface area contributed by atoms with Crippen molar-refractivity contribution in [3.05, 3.63) is 34.9 Å². The van der Waals surface area contributed by atoms with Crippen molar-refractivity contribution in [1.29, 1.82) is 0 Å². The Labute approximate surface area is 129 Å². The van der Waals surface area contributed by atoms with Crippen LogP contribution in [0.4, 0.5) is 0 Å². The van der Waals surface area contributed by atoms with Crippen molar-refractivity contribution in [2.75, 3.05) is 26.7 Å². The highest BCUT2D eigenvalue weighted by atomic mass is 35.5. The molecule has 0 aliphatic carbocycles. The van der Waals surface area contributed by atoms with Crippen molar-refractivity contribution in [2.24, 2.45) is 0 Å². The molecule has 1 aromatic carbocycles. The molecule has 6 heteroatoms. The fourth-order valence-electron chi connectivity index (χ4n) is 2.51. The molecule has 21 heavy (non-hydrogen) atoms. The van der Waals surface area contributed by atoms with Crippen LogP contribution in [0.1, 0.15) is 24.5 Å². The van der Waals surface area contributed by atoms with Gasteiger partial charge in [-0.15, -0.1) is 0 Å². The van der Waals surface area contributed by atoms with Crippen LogP contribution in [0.3, 0.4) is 0 Å². The molecule has 1 aromatic rings. The molecule has 0 saturated carbocycles. The van der Waals surface area contributed by atoms with Crippen molar-refractivity contribution in [1.82, 2.24) is 10.6 Å². The lowest BCUT2D eigenvalue weighted by Crippen LogP contribution is -2.54. The zero-order valence-corrected chi connectivity index (χ0v) is 12.8. The zero-order valence-electron chi connectivity index (χ0n) is 12.1. The van der Waals surface area contributed by atoms with Gasteiger partial charge in [-0.25, -0.2) is 0 Å². The number of aliphatic hydroxyl groups excluding tert-OH is 1. The smallest absolute Gasteiger partial charge is 0.252 e. The molecule has 1 atom stereocenters. The SMILES string of the molecule is COC1(C(=O)NCC(O)c2ccc(Cl)cc2)CCNCC1. The fourth-order valence-corrected chi connectivity index (χ4v) is 2.63. The number of piperidine rings is 1. The number of hydrogen-bond donors (Lipinski definition) is 3. The van der Waals surface area contributed by atoms with Crippen LogP contribution in [0.15, 0.2) is 24.3 Å². The van der Waals surface area contributed by atoms with Crippen LogP contribution in [0.5, 0.6) is 0 Å². The number of amides is 1. The molecule has 1 saturated heterocycles. The molecular formula is C15H21ClN2O3. The molecule has 1 fully saturated rings. The van der Waals surface area contributed by atoms with Crippen LogP contribution in [-0.4, -0.2) is 43.4 Å². The van der Waals surface area contributed by atoms with Gasteiger partial charge in [-0.05, 0) is 43.6 Å². The van der Waals surface area contributed by atoms with E-state index < -0.39 is 11.7 Å². The van der Waals surface area contributed by atoms with Gasteiger partial charge in [0.15, 0.2) is 0 Å². The van der Waals surface area contributed by atoms with E-state index in [2.05, 4.69) is 10.6 Å². The Morgan fingerprint density at radius 2 is 2.05 bits per heavy atom. The maximum atomic E-state index is 12.3. The van der Waals surface area contributed by atoms with E-state index in [0.717, 1.165) is 18.7 Å². The molecule has 1 aliphatic rings. The van der Waals surface area contributed by atoms with Gasteiger partial charge in [0.05, 0.1) is 6.10 Å².